The molecular weight excluding hydrogens is 304 g/mol. The van der Waals surface area contributed by atoms with Gasteiger partial charge in [0.25, 0.3) is 0 Å². The van der Waals surface area contributed by atoms with Crippen LogP contribution in [0.25, 0.3) is 0 Å². The van der Waals surface area contributed by atoms with Crippen LogP contribution in [0, 0.1) is 0 Å². The lowest BCUT2D eigenvalue weighted by molar-refractivity contribution is 0.256. The number of guanidine groups is 1. The van der Waals surface area contributed by atoms with Crippen molar-refractivity contribution in [1.82, 2.24) is 15.5 Å². The number of fused-ring (bicyclic) bond motifs is 1. The molecule has 2 rings (SSSR count). The minimum absolute atomic E-state index is 0.806. The third kappa shape index (κ3) is 4.77. The largest absolute Gasteiger partial charge is 0.493 e. The highest BCUT2D eigenvalue weighted by atomic mass is 16.5. The zero-order valence-corrected chi connectivity index (χ0v) is 15.3. The van der Waals surface area contributed by atoms with Gasteiger partial charge in [0.05, 0.1) is 14.2 Å². The first-order valence-electron chi connectivity index (χ1n) is 8.62. The lowest BCUT2D eigenvalue weighted by Crippen LogP contribution is -2.42. The number of nitrogens with one attached hydrogen (secondary N) is 2. The first-order valence-corrected chi connectivity index (χ1v) is 8.62. The van der Waals surface area contributed by atoms with Crippen LogP contribution >= 0.6 is 0 Å². The molecule has 1 aromatic carbocycles. The molecule has 24 heavy (non-hydrogen) atoms. The molecule has 0 fully saturated rings. The summed E-state index contributed by atoms with van der Waals surface area (Å²) in [4.78, 5) is 6.68. The molecule has 0 aromatic heterocycles. The number of methoxy groups -OCH3 is 2. The molecule has 0 unspecified atom stereocenters. The van der Waals surface area contributed by atoms with Crippen LogP contribution in [0.1, 0.15) is 24.5 Å². The number of ether oxygens (including phenoxy) is 2. The highest BCUT2D eigenvalue weighted by Crippen LogP contribution is 2.33. The van der Waals surface area contributed by atoms with Crippen LogP contribution in [0.2, 0.25) is 0 Å². The zero-order valence-electron chi connectivity index (χ0n) is 15.3. The van der Waals surface area contributed by atoms with E-state index < -0.39 is 0 Å². The number of rotatable bonds is 7. The quantitative estimate of drug-likeness (QED) is 0.586. The van der Waals surface area contributed by atoms with Crippen LogP contribution in [0.3, 0.4) is 0 Å². The Bertz CT molecular complexity index is 560. The summed E-state index contributed by atoms with van der Waals surface area (Å²) in [6.45, 7) is 6.96. The number of hydrogen-bond acceptors (Lipinski definition) is 4. The van der Waals surface area contributed by atoms with Gasteiger partial charge in [-0.15, -0.1) is 0 Å². The molecule has 0 aliphatic carbocycles. The van der Waals surface area contributed by atoms with Crippen molar-refractivity contribution < 1.29 is 9.47 Å². The molecular formula is C18H30N4O2. The maximum atomic E-state index is 5.42. The summed E-state index contributed by atoms with van der Waals surface area (Å²) < 4.78 is 10.8. The van der Waals surface area contributed by atoms with Crippen LogP contribution in [0.4, 0.5) is 0 Å². The number of aliphatic imine (C=N–C) groups is 1. The summed E-state index contributed by atoms with van der Waals surface area (Å²) in [6.07, 6.45) is 2.13. The Morgan fingerprint density at radius 3 is 2.42 bits per heavy atom. The SMILES string of the molecule is CCCNC(=NC)NCCN1CCc2cc(OC)c(OC)cc2C1. The Hall–Kier alpha value is -1.95. The van der Waals surface area contributed by atoms with E-state index in [9.17, 15) is 0 Å². The molecule has 2 N–H and O–H groups in total. The fourth-order valence-corrected chi connectivity index (χ4v) is 2.93. The summed E-state index contributed by atoms with van der Waals surface area (Å²) in [5.41, 5.74) is 2.68. The average molecular weight is 334 g/mol. The Kier molecular flexibility index (Phi) is 7.18. The second-order valence-electron chi connectivity index (χ2n) is 5.93. The van der Waals surface area contributed by atoms with Crippen LogP contribution in [-0.4, -0.2) is 58.3 Å². The monoisotopic (exact) mass is 334 g/mol. The third-order valence-corrected chi connectivity index (χ3v) is 4.28. The molecule has 134 valence electrons. The normalized spacial score (nSPS) is 14.9. The van der Waals surface area contributed by atoms with E-state index in [0.29, 0.717) is 0 Å². The molecule has 0 bridgehead atoms. The van der Waals surface area contributed by atoms with Crippen molar-refractivity contribution in [3.8, 4) is 11.5 Å². The fraction of sp³-hybridized carbons (Fsp3) is 0.611. The van der Waals surface area contributed by atoms with Gasteiger partial charge in [-0.2, -0.15) is 0 Å². The van der Waals surface area contributed by atoms with E-state index in [1.807, 2.05) is 7.05 Å². The van der Waals surface area contributed by atoms with Gasteiger partial charge < -0.3 is 20.1 Å². The molecule has 0 spiro atoms. The van der Waals surface area contributed by atoms with Gasteiger partial charge in [0.1, 0.15) is 0 Å². The smallest absolute Gasteiger partial charge is 0.191 e. The second kappa shape index (κ2) is 9.37. The van der Waals surface area contributed by atoms with E-state index in [2.05, 4.69) is 39.6 Å². The Morgan fingerprint density at radius 1 is 1.12 bits per heavy atom. The second-order valence-corrected chi connectivity index (χ2v) is 5.93. The van der Waals surface area contributed by atoms with E-state index in [0.717, 1.165) is 63.0 Å². The van der Waals surface area contributed by atoms with E-state index in [-0.39, 0.29) is 0 Å². The molecule has 0 saturated heterocycles. The molecule has 1 aliphatic rings. The van der Waals surface area contributed by atoms with E-state index in [1.54, 1.807) is 14.2 Å². The summed E-state index contributed by atoms with van der Waals surface area (Å²) in [7, 11) is 5.18. The number of benzene rings is 1. The molecule has 0 radical (unpaired) electrons. The highest BCUT2D eigenvalue weighted by Gasteiger charge is 2.19. The third-order valence-electron chi connectivity index (χ3n) is 4.28. The fourth-order valence-electron chi connectivity index (χ4n) is 2.93. The summed E-state index contributed by atoms with van der Waals surface area (Å²) in [5, 5.41) is 6.66. The Labute approximate surface area is 145 Å². The zero-order chi connectivity index (χ0) is 17.4. The molecule has 1 heterocycles. The van der Waals surface area contributed by atoms with Gasteiger partial charge in [-0.05, 0) is 36.1 Å². The van der Waals surface area contributed by atoms with Crippen molar-refractivity contribution in [2.45, 2.75) is 26.3 Å². The summed E-state index contributed by atoms with van der Waals surface area (Å²) >= 11 is 0. The Morgan fingerprint density at radius 2 is 1.79 bits per heavy atom. The summed E-state index contributed by atoms with van der Waals surface area (Å²) in [6, 6.07) is 4.22. The van der Waals surface area contributed by atoms with Gasteiger partial charge in [-0.3, -0.25) is 9.89 Å². The summed E-state index contributed by atoms with van der Waals surface area (Å²) in [5.74, 6) is 2.50. The van der Waals surface area contributed by atoms with Crippen LogP contribution in [0.5, 0.6) is 11.5 Å². The average Bonchev–Trinajstić information content (AvgIpc) is 2.63. The van der Waals surface area contributed by atoms with Gasteiger partial charge >= 0.3 is 0 Å². The van der Waals surface area contributed by atoms with Gasteiger partial charge in [0.2, 0.25) is 0 Å². The van der Waals surface area contributed by atoms with Crippen molar-refractivity contribution in [3.05, 3.63) is 23.3 Å². The van der Waals surface area contributed by atoms with Crippen molar-refractivity contribution in [2.24, 2.45) is 4.99 Å². The standard InChI is InChI=1S/C18H30N4O2/c1-5-7-20-18(19-2)21-8-10-22-9-6-14-11-16(23-3)17(24-4)12-15(14)13-22/h11-12H,5-10,13H2,1-4H3,(H2,19,20,21). The Balaban J connectivity index is 1.88. The number of nitrogens with zero attached hydrogens (tertiary/aromatic N) is 2. The molecule has 6 heteroatoms. The van der Waals surface area contributed by atoms with Crippen molar-refractivity contribution in [3.63, 3.8) is 0 Å². The van der Waals surface area contributed by atoms with Crippen molar-refractivity contribution in [2.75, 3.05) is 47.4 Å². The maximum Gasteiger partial charge on any atom is 0.191 e. The molecule has 1 aromatic rings. The predicted molar refractivity (Wildman–Crippen MR) is 98.2 cm³/mol. The van der Waals surface area contributed by atoms with Gasteiger partial charge in [0.15, 0.2) is 17.5 Å². The van der Waals surface area contributed by atoms with Gasteiger partial charge in [-0.1, -0.05) is 6.92 Å². The minimum Gasteiger partial charge on any atom is -0.493 e. The van der Waals surface area contributed by atoms with Crippen LogP contribution in [0.15, 0.2) is 17.1 Å². The maximum absolute atomic E-state index is 5.42. The van der Waals surface area contributed by atoms with Crippen molar-refractivity contribution >= 4 is 5.96 Å². The number of hydrogen-bond donors (Lipinski definition) is 2. The van der Waals surface area contributed by atoms with Crippen LogP contribution in [-0.2, 0) is 13.0 Å². The van der Waals surface area contributed by atoms with E-state index in [4.69, 9.17) is 9.47 Å². The molecule has 1 aliphatic heterocycles. The van der Waals surface area contributed by atoms with E-state index in [1.165, 1.54) is 11.1 Å². The van der Waals surface area contributed by atoms with Crippen LogP contribution < -0.4 is 20.1 Å². The van der Waals surface area contributed by atoms with E-state index >= 15 is 0 Å². The topological polar surface area (TPSA) is 58.1 Å². The first kappa shape index (κ1) is 18.4. The van der Waals surface area contributed by atoms with Gasteiger partial charge in [0, 0.05) is 39.8 Å². The van der Waals surface area contributed by atoms with Crippen molar-refractivity contribution in [1.29, 1.82) is 0 Å². The highest BCUT2D eigenvalue weighted by molar-refractivity contribution is 5.79. The molecule has 0 saturated carbocycles. The van der Waals surface area contributed by atoms with Gasteiger partial charge in [-0.25, -0.2) is 0 Å². The first-order chi connectivity index (χ1) is 11.7. The predicted octanol–water partition coefficient (Wildman–Crippen LogP) is 1.64. The minimum atomic E-state index is 0.806. The molecule has 0 amide bonds. The lowest BCUT2D eigenvalue weighted by Gasteiger charge is -2.29. The molecule has 0 atom stereocenters. The lowest BCUT2D eigenvalue weighted by atomic mass is 9.99. The molecule has 6 nitrogen and oxygen atoms in total.